The summed E-state index contributed by atoms with van der Waals surface area (Å²) in [6.45, 7) is 0. The lowest BCUT2D eigenvalue weighted by molar-refractivity contribution is -0.134. The molecule has 2 fully saturated rings. The Bertz CT molecular complexity index is 768. The molecule has 0 radical (unpaired) electrons. The van der Waals surface area contributed by atoms with E-state index in [1.807, 2.05) is 18.2 Å². The Hall–Kier alpha value is -1.73. The number of rotatable bonds is 5. The van der Waals surface area contributed by atoms with Crippen molar-refractivity contribution in [1.82, 2.24) is 10.3 Å². The van der Waals surface area contributed by atoms with Crippen LogP contribution in [0.2, 0.25) is 0 Å². The van der Waals surface area contributed by atoms with Crippen molar-refractivity contribution in [2.45, 2.75) is 49.9 Å². The van der Waals surface area contributed by atoms with Crippen LogP contribution in [-0.2, 0) is 4.79 Å². The van der Waals surface area contributed by atoms with Crippen LogP contribution in [0.25, 0.3) is 10.2 Å². The molecule has 4 rings (SSSR count). The first kappa shape index (κ1) is 15.8. The largest absolute Gasteiger partial charge is 0.489 e. The van der Waals surface area contributed by atoms with E-state index in [2.05, 4.69) is 15.6 Å². The lowest BCUT2D eigenvalue weighted by atomic mass is 9.76. The molecule has 0 atom stereocenters. The van der Waals surface area contributed by atoms with Crippen molar-refractivity contribution < 1.29 is 13.9 Å². The van der Waals surface area contributed by atoms with Crippen molar-refractivity contribution in [2.24, 2.45) is 0 Å². The number of thiazole rings is 1. The minimum Gasteiger partial charge on any atom is -0.489 e. The minimum atomic E-state index is -1.79. The lowest BCUT2D eigenvalue weighted by Gasteiger charge is -2.39. The molecule has 1 aromatic carbocycles. The van der Waals surface area contributed by atoms with E-state index in [9.17, 15) is 9.18 Å². The van der Waals surface area contributed by atoms with Gasteiger partial charge in [0, 0.05) is 18.9 Å². The third kappa shape index (κ3) is 2.75. The number of amides is 1. The van der Waals surface area contributed by atoms with Crippen LogP contribution in [0.3, 0.4) is 0 Å². The molecule has 0 bridgehead atoms. The van der Waals surface area contributed by atoms with Crippen LogP contribution < -0.4 is 15.4 Å². The summed E-state index contributed by atoms with van der Waals surface area (Å²) in [5.74, 6) is 0.193. The lowest BCUT2D eigenvalue weighted by Crippen LogP contribution is -2.56. The summed E-state index contributed by atoms with van der Waals surface area (Å²) in [5.41, 5.74) is -1.03. The van der Waals surface area contributed by atoms with Crippen molar-refractivity contribution in [3.63, 3.8) is 0 Å². The van der Waals surface area contributed by atoms with Crippen LogP contribution in [0.5, 0.6) is 5.75 Å². The molecule has 1 amide bonds. The second-order valence-corrected chi connectivity index (χ2v) is 7.61. The third-order valence-electron chi connectivity index (χ3n) is 4.90. The molecule has 1 heterocycles. The Kier molecular flexibility index (Phi) is 3.92. The SMILES string of the molecule is CNC1CC(F)(C(=O)Nc2nc3cccc(OC4CCC4)c3s2)C1. The van der Waals surface area contributed by atoms with E-state index in [-0.39, 0.29) is 25.0 Å². The zero-order valence-electron chi connectivity index (χ0n) is 13.5. The van der Waals surface area contributed by atoms with Gasteiger partial charge >= 0.3 is 0 Å². The van der Waals surface area contributed by atoms with Gasteiger partial charge in [0.2, 0.25) is 0 Å². The molecule has 1 aromatic heterocycles. The Labute approximate surface area is 143 Å². The number of carbonyl (C=O) groups is 1. The average molecular weight is 349 g/mol. The highest BCUT2D eigenvalue weighted by Gasteiger charge is 2.50. The maximum absolute atomic E-state index is 14.5. The number of halogens is 1. The molecule has 0 aliphatic heterocycles. The molecule has 2 aliphatic rings. The molecular weight excluding hydrogens is 329 g/mol. The maximum Gasteiger partial charge on any atom is 0.263 e. The monoisotopic (exact) mass is 349 g/mol. The van der Waals surface area contributed by atoms with Gasteiger partial charge in [0.25, 0.3) is 5.91 Å². The molecule has 2 aromatic rings. The first-order chi connectivity index (χ1) is 11.6. The fourth-order valence-electron chi connectivity index (χ4n) is 3.06. The second-order valence-electron chi connectivity index (χ2n) is 6.61. The summed E-state index contributed by atoms with van der Waals surface area (Å²) in [4.78, 5) is 16.6. The number of hydrogen-bond donors (Lipinski definition) is 2. The van der Waals surface area contributed by atoms with Crippen molar-refractivity contribution in [1.29, 1.82) is 0 Å². The molecule has 2 saturated carbocycles. The number of fused-ring (bicyclic) bond motifs is 1. The maximum atomic E-state index is 14.5. The Morgan fingerprint density at radius 3 is 2.88 bits per heavy atom. The van der Waals surface area contributed by atoms with Crippen LogP contribution >= 0.6 is 11.3 Å². The zero-order chi connectivity index (χ0) is 16.7. The highest BCUT2D eigenvalue weighted by atomic mass is 32.1. The summed E-state index contributed by atoms with van der Waals surface area (Å²) < 4.78 is 21.4. The predicted octanol–water partition coefficient (Wildman–Crippen LogP) is 3.26. The molecule has 128 valence electrons. The average Bonchev–Trinajstić information content (AvgIpc) is 2.90. The van der Waals surface area contributed by atoms with Gasteiger partial charge in [-0.25, -0.2) is 9.37 Å². The first-order valence-corrected chi connectivity index (χ1v) is 9.13. The highest BCUT2D eigenvalue weighted by molar-refractivity contribution is 7.22. The Morgan fingerprint density at radius 1 is 1.42 bits per heavy atom. The van der Waals surface area contributed by atoms with Gasteiger partial charge in [-0.1, -0.05) is 17.4 Å². The van der Waals surface area contributed by atoms with E-state index < -0.39 is 11.6 Å². The van der Waals surface area contributed by atoms with Gasteiger partial charge in [-0.05, 0) is 38.4 Å². The number of anilines is 1. The summed E-state index contributed by atoms with van der Waals surface area (Å²) in [5, 5.41) is 6.04. The quantitative estimate of drug-likeness (QED) is 0.870. The molecular formula is C17H20FN3O2S. The number of benzene rings is 1. The highest BCUT2D eigenvalue weighted by Crippen LogP contribution is 2.39. The number of ether oxygens (including phenoxy) is 1. The zero-order valence-corrected chi connectivity index (χ0v) is 14.3. The van der Waals surface area contributed by atoms with E-state index in [0.717, 1.165) is 28.8 Å². The van der Waals surface area contributed by atoms with E-state index >= 15 is 0 Å². The van der Waals surface area contributed by atoms with Crippen LogP contribution in [-0.4, -0.2) is 35.8 Å². The molecule has 7 heteroatoms. The first-order valence-electron chi connectivity index (χ1n) is 8.31. The van der Waals surface area contributed by atoms with Crippen molar-refractivity contribution in [3.05, 3.63) is 18.2 Å². The number of hydrogen-bond acceptors (Lipinski definition) is 5. The van der Waals surface area contributed by atoms with E-state index in [4.69, 9.17) is 4.74 Å². The molecule has 2 N–H and O–H groups in total. The standard InChI is InChI=1S/C17H20FN3O2S/c1-19-10-8-17(18,9-10)15(22)21-16-20-12-6-3-7-13(14(12)24-16)23-11-4-2-5-11/h3,6-7,10-11,19H,2,4-5,8-9H2,1H3,(H,20,21,22). The van der Waals surface area contributed by atoms with Gasteiger partial charge in [-0.3, -0.25) is 10.1 Å². The van der Waals surface area contributed by atoms with Crippen LogP contribution in [0.4, 0.5) is 9.52 Å². The summed E-state index contributed by atoms with van der Waals surface area (Å²) in [6, 6.07) is 5.76. The molecule has 0 saturated heterocycles. The van der Waals surface area contributed by atoms with Crippen LogP contribution in [0.15, 0.2) is 18.2 Å². The summed E-state index contributed by atoms with van der Waals surface area (Å²) >= 11 is 1.34. The van der Waals surface area contributed by atoms with Gasteiger partial charge < -0.3 is 10.1 Å². The van der Waals surface area contributed by atoms with Gasteiger partial charge in [0.05, 0.1) is 16.3 Å². The third-order valence-corrected chi connectivity index (χ3v) is 5.90. The molecule has 2 aliphatic carbocycles. The smallest absolute Gasteiger partial charge is 0.263 e. The van der Waals surface area contributed by atoms with E-state index in [1.54, 1.807) is 7.05 Å². The topological polar surface area (TPSA) is 63.2 Å². The fraction of sp³-hybridized carbons (Fsp3) is 0.529. The van der Waals surface area contributed by atoms with Crippen molar-refractivity contribution >= 4 is 32.6 Å². The molecule has 0 spiro atoms. The number of alkyl halides is 1. The number of carbonyl (C=O) groups excluding carboxylic acids is 1. The van der Waals surface area contributed by atoms with Crippen molar-refractivity contribution in [2.75, 3.05) is 12.4 Å². The van der Waals surface area contributed by atoms with Gasteiger partial charge in [0.15, 0.2) is 10.8 Å². The molecule has 5 nitrogen and oxygen atoms in total. The molecule has 0 unspecified atom stereocenters. The van der Waals surface area contributed by atoms with E-state index in [1.165, 1.54) is 17.8 Å². The number of nitrogens with one attached hydrogen (secondary N) is 2. The summed E-state index contributed by atoms with van der Waals surface area (Å²) in [7, 11) is 1.78. The normalized spacial score (nSPS) is 26.7. The second kappa shape index (κ2) is 5.97. The van der Waals surface area contributed by atoms with Gasteiger partial charge in [0.1, 0.15) is 5.75 Å². The van der Waals surface area contributed by atoms with Gasteiger partial charge in [-0.15, -0.1) is 0 Å². The van der Waals surface area contributed by atoms with Crippen LogP contribution in [0.1, 0.15) is 32.1 Å². The van der Waals surface area contributed by atoms with Crippen molar-refractivity contribution in [3.8, 4) is 5.75 Å². The predicted molar refractivity (Wildman–Crippen MR) is 92.4 cm³/mol. The number of aromatic nitrogens is 1. The van der Waals surface area contributed by atoms with Gasteiger partial charge in [-0.2, -0.15) is 0 Å². The Morgan fingerprint density at radius 2 is 2.21 bits per heavy atom. The summed E-state index contributed by atoms with van der Waals surface area (Å²) in [6.07, 6.45) is 4.05. The van der Waals surface area contributed by atoms with Crippen LogP contribution in [0, 0.1) is 0 Å². The molecule has 24 heavy (non-hydrogen) atoms. The Balaban J connectivity index is 1.50. The van der Waals surface area contributed by atoms with E-state index in [0.29, 0.717) is 5.13 Å². The number of nitrogens with zero attached hydrogens (tertiary/aromatic N) is 1. The fourth-order valence-corrected chi connectivity index (χ4v) is 3.97. The minimum absolute atomic E-state index is 0.0681.